The van der Waals surface area contributed by atoms with Crippen molar-refractivity contribution in [2.24, 2.45) is 0 Å². The maximum Gasteiger partial charge on any atom is 0.204 e. The number of aromatic nitrogens is 4. The van der Waals surface area contributed by atoms with E-state index in [1.54, 1.807) is 16.7 Å². The lowest BCUT2D eigenvalue weighted by atomic mass is 10.5. The van der Waals surface area contributed by atoms with Gasteiger partial charge in [-0.1, -0.05) is 6.07 Å². The topological polar surface area (TPSA) is 88.6 Å². The zero-order valence-electron chi connectivity index (χ0n) is 9.48. The maximum atomic E-state index is 12.0. The molecule has 0 atom stereocenters. The summed E-state index contributed by atoms with van der Waals surface area (Å²) in [6, 6.07) is 3.90. The summed E-state index contributed by atoms with van der Waals surface area (Å²) in [5, 5.41) is 13.9. The van der Waals surface area contributed by atoms with E-state index in [2.05, 4.69) is 20.4 Å². The fourth-order valence-corrected chi connectivity index (χ4v) is 4.31. The molecular weight excluding hydrogens is 304 g/mol. The SMILES string of the molecule is O=S(=O)(Cc1csc(-c2cccs2)n1)c1cn[nH]n1. The molecule has 0 amide bonds. The summed E-state index contributed by atoms with van der Waals surface area (Å²) < 4.78 is 24.0. The van der Waals surface area contributed by atoms with Crippen LogP contribution in [0.15, 0.2) is 34.1 Å². The lowest BCUT2D eigenvalue weighted by molar-refractivity contribution is 0.590. The van der Waals surface area contributed by atoms with Crippen LogP contribution >= 0.6 is 22.7 Å². The van der Waals surface area contributed by atoms with Gasteiger partial charge in [0, 0.05) is 5.38 Å². The lowest BCUT2D eigenvalue weighted by Crippen LogP contribution is -2.05. The number of aromatic amines is 1. The first-order valence-corrected chi connectivity index (χ1v) is 8.63. The predicted octanol–water partition coefficient (Wildman–Crippen LogP) is 1.96. The highest BCUT2D eigenvalue weighted by Crippen LogP contribution is 2.28. The highest BCUT2D eigenvalue weighted by Gasteiger charge is 2.20. The number of hydrogen-bond acceptors (Lipinski definition) is 7. The van der Waals surface area contributed by atoms with E-state index >= 15 is 0 Å². The Hall–Kier alpha value is -1.58. The second kappa shape index (κ2) is 4.83. The molecule has 3 aromatic heterocycles. The Morgan fingerprint density at radius 1 is 1.32 bits per heavy atom. The monoisotopic (exact) mass is 312 g/mol. The standard InChI is InChI=1S/C10H8N4O2S3/c15-19(16,9-4-11-14-13-9)6-7-5-18-10(12-7)8-2-1-3-17-8/h1-5H,6H2,(H,11,13,14). The third-order valence-corrected chi connectivity index (χ3v) is 5.77. The van der Waals surface area contributed by atoms with Gasteiger partial charge in [-0.2, -0.15) is 10.3 Å². The Labute approximate surface area is 117 Å². The van der Waals surface area contributed by atoms with Crippen LogP contribution in [0.2, 0.25) is 0 Å². The van der Waals surface area contributed by atoms with Crippen LogP contribution in [0.5, 0.6) is 0 Å². The van der Waals surface area contributed by atoms with Crippen LogP contribution in [-0.2, 0) is 15.6 Å². The van der Waals surface area contributed by atoms with Crippen LogP contribution in [-0.4, -0.2) is 28.8 Å². The largest absolute Gasteiger partial charge is 0.239 e. The molecule has 0 saturated carbocycles. The van der Waals surface area contributed by atoms with Crippen molar-refractivity contribution >= 4 is 32.5 Å². The molecule has 0 bridgehead atoms. The van der Waals surface area contributed by atoms with Crippen molar-refractivity contribution in [3.63, 3.8) is 0 Å². The molecule has 0 fully saturated rings. The quantitative estimate of drug-likeness (QED) is 0.795. The first-order chi connectivity index (χ1) is 9.15. The van der Waals surface area contributed by atoms with Crippen molar-refractivity contribution < 1.29 is 8.42 Å². The predicted molar refractivity (Wildman–Crippen MR) is 72.7 cm³/mol. The van der Waals surface area contributed by atoms with Crippen molar-refractivity contribution in [3.05, 3.63) is 34.8 Å². The maximum absolute atomic E-state index is 12.0. The molecule has 0 saturated heterocycles. The summed E-state index contributed by atoms with van der Waals surface area (Å²) in [6.07, 6.45) is 1.20. The number of nitrogens with one attached hydrogen (secondary N) is 1. The van der Waals surface area contributed by atoms with Gasteiger partial charge in [-0.05, 0) is 11.4 Å². The van der Waals surface area contributed by atoms with Crippen LogP contribution in [0.4, 0.5) is 0 Å². The fraction of sp³-hybridized carbons (Fsp3) is 0.100. The van der Waals surface area contributed by atoms with Crippen LogP contribution in [0.1, 0.15) is 5.69 Å². The van der Waals surface area contributed by atoms with Crippen molar-refractivity contribution in [2.75, 3.05) is 0 Å². The van der Waals surface area contributed by atoms with Gasteiger partial charge in [0.2, 0.25) is 9.84 Å². The number of rotatable bonds is 4. The minimum atomic E-state index is -3.48. The number of sulfone groups is 1. The second-order valence-electron chi connectivity index (χ2n) is 3.69. The van der Waals surface area contributed by atoms with E-state index in [0.717, 1.165) is 9.88 Å². The third kappa shape index (κ3) is 2.57. The van der Waals surface area contributed by atoms with Crippen LogP contribution in [0, 0.1) is 0 Å². The molecule has 0 unspecified atom stereocenters. The lowest BCUT2D eigenvalue weighted by Gasteiger charge is -1.96. The molecule has 0 spiro atoms. The zero-order valence-corrected chi connectivity index (χ0v) is 11.9. The normalized spacial score (nSPS) is 11.8. The molecule has 6 nitrogen and oxygen atoms in total. The minimum Gasteiger partial charge on any atom is -0.239 e. The molecule has 0 radical (unpaired) electrons. The summed E-state index contributed by atoms with van der Waals surface area (Å²) in [6.45, 7) is 0. The highest BCUT2D eigenvalue weighted by atomic mass is 32.2. The van der Waals surface area contributed by atoms with Gasteiger partial charge in [-0.15, -0.1) is 27.8 Å². The van der Waals surface area contributed by atoms with E-state index in [4.69, 9.17) is 0 Å². The zero-order chi connectivity index (χ0) is 13.3. The van der Waals surface area contributed by atoms with Gasteiger partial charge in [0.1, 0.15) is 5.01 Å². The fourth-order valence-electron chi connectivity index (χ4n) is 1.50. The van der Waals surface area contributed by atoms with Gasteiger partial charge in [-0.25, -0.2) is 13.4 Å². The number of thiazole rings is 1. The number of hydrogen-bond donors (Lipinski definition) is 1. The van der Waals surface area contributed by atoms with E-state index in [-0.39, 0.29) is 10.8 Å². The van der Waals surface area contributed by atoms with E-state index in [1.165, 1.54) is 17.5 Å². The van der Waals surface area contributed by atoms with Crippen molar-refractivity contribution in [1.82, 2.24) is 20.4 Å². The first-order valence-electron chi connectivity index (χ1n) is 5.22. The molecule has 98 valence electrons. The van der Waals surface area contributed by atoms with Gasteiger partial charge in [0.25, 0.3) is 0 Å². The van der Waals surface area contributed by atoms with Crippen molar-refractivity contribution in [1.29, 1.82) is 0 Å². The van der Waals surface area contributed by atoms with E-state index < -0.39 is 9.84 Å². The number of nitrogens with zero attached hydrogens (tertiary/aromatic N) is 3. The molecule has 3 aromatic rings. The molecule has 19 heavy (non-hydrogen) atoms. The van der Waals surface area contributed by atoms with E-state index in [0.29, 0.717) is 5.69 Å². The second-order valence-corrected chi connectivity index (χ2v) is 7.43. The first kappa shape index (κ1) is 12.5. The Morgan fingerprint density at radius 3 is 2.89 bits per heavy atom. The Bertz CT molecular complexity index is 760. The van der Waals surface area contributed by atoms with Crippen molar-refractivity contribution in [2.45, 2.75) is 10.8 Å². The average molecular weight is 312 g/mol. The number of thiophene rings is 1. The molecule has 3 heterocycles. The van der Waals surface area contributed by atoms with Gasteiger partial charge in [-0.3, -0.25) is 0 Å². The third-order valence-electron chi connectivity index (χ3n) is 2.33. The molecule has 0 aromatic carbocycles. The minimum absolute atomic E-state index is 0.0572. The van der Waals surface area contributed by atoms with Gasteiger partial charge >= 0.3 is 0 Å². The molecule has 1 N–H and O–H groups in total. The summed E-state index contributed by atoms with van der Waals surface area (Å²) in [7, 11) is -3.48. The molecular formula is C10H8N4O2S3. The van der Waals surface area contributed by atoms with Gasteiger partial charge in [0.05, 0.1) is 22.5 Å². The number of H-pyrrole nitrogens is 1. The van der Waals surface area contributed by atoms with Crippen LogP contribution in [0.3, 0.4) is 0 Å². The Kier molecular flexibility index (Phi) is 3.17. The molecule has 0 aliphatic carbocycles. The molecule has 0 aliphatic rings. The summed E-state index contributed by atoms with van der Waals surface area (Å²) in [5.41, 5.74) is 0.524. The van der Waals surface area contributed by atoms with Crippen LogP contribution in [0.25, 0.3) is 9.88 Å². The average Bonchev–Trinajstić information content (AvgIpc) is 3.11. The summed E-state index contributed by atoms with van der Waals surface area (Å²) in [5.74, 6) is -0.165. The molecule has 3 rings (SSSR count). The smallest absolute Gasteiger partial charge is 0.204 e. The van der Waals surface area contributed by atoms with E-state index in [9.17, 15) is 8.42 Å². The van der Waals surface area contributed by atoms with Gasteiger partial charge < -0.3 is 0 Å². The Balaban J connectivity index is 1.85. The van der Waals surface area contributed by atoms with Crippen molar-refractivity contribution in [3.8, 4) is 9.88 Å². The van der Waals surface area contributed by atoms with E-state index in [1.807, 2.05) is 17.5 Å². The van der Waals surface area contributed by atoms with Crippen LogP contribution < -0.4 is 0 Å². The van der Waals surface area contributed by atoms with Gasteiger partial charge in [0.15, 0.2) is 5.03 Å². The Morgan fingerprint density at radius 2 is 2.21 bits per heavy atom. The summed E-state index contributed by atoms with van der Waals surface area (Å²) in [4.78, 5) is 5.38. The summed E-state index contributed by atoms with van der Waals surface area (Å²) >= 11 is 3.01. The highest BCUT2D eigenvalue weighted by molar-refractivity contribution is 7.90. The molecule has 9 heteroatoms. The molecule has 0 aliphatic heterocycles.